The molecule has 0 spiro atoms. The Labute approximate surface area is 110 Å². The van der Waals surface area contributed by atoms with Gasteiger partial charge < -0.3 is 14.6 Å². The summed E-state index contributed by atoms with van der Waals surface area (Å²) < 4.78 is 6.36. The van der Waals surface area contributed by atoms with Crippen LogP contribution in [0.1, 0.15) is 33.6 Å². The number of carbonyl (C=O) groups is 1. The lowest BCUT2D eigenvalue weighted by atomic mass is 10.2. The minimum absolute atomic E-state index is 0.431. The third-order valence-electron chi connectivity index (χ3n) is 2.69. The number of aromatic nitrogens is 1. The zero-order valence-corrected chi connectivity index (χ0v) is 11.8. The lowest BCUT2D eigenvalue weighted by Crippen LogP contribution is -2.30. The Balaban J connectivity index is 0.000000494. The summed E-state index contributed by atoms with van der Waals surface area (Å²) in [7, 11) is 0. The van der Waals surface area contributed by atoms with Crippen molar-refractivity contribution in [1.29, 1.82) is 0 Å². The van der Waals surface area contributed by atoms with E-state index in [1.54, 1.807) is 6.92 Å². The monoisotopic (exact) mass is 254 g/mol. The van der Waals surface area contributed by atoms with Crippen LogP contribution < -0.4 is 5.32 Å². The molecule has 1 aromatic heterocycles. The van der Waals surface area contributed by atoms with Crippen molar-refractivity contribution in [3.05, 3.63) is 24.5 Å². The van der Waals surface area contributed by atoms with Gasteiger partial charge in [0.25, 0.3) is 6.47 Å². The zero-order chi connectivity index (χ0) is 13.6. The fraction of sp³-hybridized carbons (Fsp3) is 0.643. The van der Waals surface area contributed by atoms with Gasteiger partial charge in [-0.15, -0.1) is 0 Å². The topological polar surface area (TPSA) is 43.3 Å². The first-order chi connectivity index (χ1) is 8.78. The maximum atomic E-state index is 9.18. The Hall–Kier alpha value is -1.29. The molecule has 4 nitrogen and oxygen atoms in total. The first-order valence-electron chi connectivity index (χ1n) is 6.67. The highest BCUT2D eigenvalue weighted by Gasteiger charge is 2.00. The van der Waals surface area contributed by atoms with Crippen LogP contribution in [-0.2, 0) is 16.1 Å². The molecule has 0 atom stereocenters. The Kier molecular flexibility index (Phi) is 11.3. The SMILES string of the molecule is CCC(CC)NCCn1cccc1.CCOC=O. The van der Waals surface area contributed by atoms with Gasteiger partial charge in [-0.25, -0.2) is 0 Å². The largest absolute Gasteiger partial charge is 0.468 e. The average Bonchev–Trinajstić information content (AvgIpc) is 2.89. The maximum Gasteiger partial charge on any atom is 0.293 e. The van der Waals surface area contributed by atoms with E-state index in [-0.39, 0.29) is 0 Å². The van der Waals surface area contributed by atoms with E-state index in [0.717, 1.165) is 13.1 Å². The molecule has 1 rings (SSSR count). The van der Waals surface area contributed by atoms with Crippen LogP contribution in [0.25, 0.3) is 0 Å². The maximum absolute atomic E-state index is 9.18. The van der Waals surface area contributed by atoms with E-state index in [1.165, 1.54) is 12.8 Å². The van der Waals surface area contributed by atoms with Gasteiger partial charge in [-0.05, 0) is 31.9 Å². The Morgan fingerprint density at radius 3 is 2.22 bits per heavy atom. The van der Waals surface area contributed by atoms with Gasteiger partial charge in [0.2, 0.25) is 0 Å². The summed E-state index contributed by atoms with van der Waals surface area (Å²) in [6.07, 6.45) is 6.66. The first-order valence-corrected chi connectivity index (χ1v) is 6.67. The van der Waals surface area contributed by atoms with Crippen LogP contribution >= 0.6 is 0 Å². The molecule has 0 unspecified atom stereocenters. The highest BCUT2D eigenvalue weighted by atomic mass is 16.5. The van der Waals surface area contributed by atoms with Crippen molar-refractivity contribution in [3.8, 4) is 0 Å². The second kappa shape index (κ2) is 12.2. The smallest absolute Gasteiger partial charge is 0.293 e. The van der Waals surface area contributed by atoms with Gasteiger partial charge in [-0.3, -0.25) is 4.79 Å². The molecule has 0 aliphatic heterocycles. The molecule has 4 heteroatoms. The van der Waals surface area contributed by atoms with Crippen LogP contribution in [-0.4, -0.2) is 30.2 Å². The van der Waals surface area contributed by atoms with E-state index < -0.39 is 0 Å². The fourth-order valence-corrected chi connectivity index (χ4v) is 1.56. The van der Waals surface area contributed by atoms with Gasteiger partial charge in [0.05, 0.1) is 6.61 Å². The molecule has 104 valence electrons. The highest BCUT2D eigenvalue weighted by molar-refractivity contribution is 5.36. The van der Waals surface area contributed by atoms with Crippen molar-refractivity contribution in [2.45, 2.75) is 46.2 Å². The van der Waals surface area contributed by atoms with E-state index >= 15 is 0 Å². The summed E-state index contributed by atoms with van der Waals surface area (Å²) in [4.78, 5) is 9.18. The van der Waals surface area contributed by atoms with Crippen LogP contribution in [0, 0.1) is 0 Å². The molecule has 18 heavy (non-hydrogen) atoms. The van der Waals surface area contributed by atoms with Crippen LogP contribution in [0.2, 0.25) is 0 Å². The zero-order valence-electron chi connectivity index (χ0n) is 11.8. The van der Waals surface area contributed by atoms with Crippen molar-refractivity contribution in [3.63, 3.8) is 0 Å². The highest BCUT2D eigenvalue weighted by Crippen LogP contribution is 1.95. The number of rotatable bonds is 8. The van der Waals surface area contributed by atoms with E-state index in [2.05, 4.69) is 53.0 Å². The number of hydrogen-bond donors (Lipinski definition) is 1. The molecule has 1 aromatic rings. The molecule has 0 amide bonds. The molecule has 0 saturated carbocycles. The number of nitrogens with zero attached hydrogens (tertiary/aromatic N) is 1. The minimum Gasteiger partial charge on any atom is -0.468 e. The fourth-order valence-electron chi connectivity index (χ4n) is 1.56. The lowest BCUT2D eigenvalue weighted by molar-refractivity contribution is -0.128. The Morgan fingerprint density at radius 2 is 1.83 bits per heavy atom. The molecule has 1 N–H and O–H groups in total. The second-order valence-corrected chi connectivity index (χ2v) is 3.94. The van der Waals surface area contributed by atoms with Gasteiger partial charge in [0.15, 0.2) is 0 Å². The summed E-state index contributed by atoms with van der Waals surface area (Å²) in [6, 6.07) is 4.82. The summed E-state index contributed by atoms with van der Waals surface area (Å²) in [5.74, 6) is 0. The molecule has 0 radical (unpaired) electrons. The minimum atomic E-state index is 0.431. The summed E-state index contributed by atoms with van der Waals surface area (Å²) in [5, 5.41) is 3.54. The third-order valence-corrected chi connectivity index (χ3v) is 2.69. The molecule has 0 aliphatic rings. The molecule has 0 saturated heterocycles. The third kappa shape index (κ3) is 8.82. The summed E-state index contributed by atoms with van der Waals surface area (Å²) >= 11 is 0. The van der Waals surface area contributed by atoms with Crippen molar-refractivity contribution < 1.29 is 9.53 Å². The van der Waals surface area contributed by atoms with Gasteiger partial charge in [0, 0.05) is 31.5 Å². The van der Waals surface area contributed by atoms with Crippen molar-refractivity contribution in [2.24, 2.45) is 0 Å². The molecule has 0 fully saturated rings. The van der Waals surface area contributed by atoms with Crippen molar-refractivity contribution in [2.75, 3.05) is 13.2 Å². The standard InChI is InChI=1S/C11H20N2.C3H6O2/c1-3-11(4-2)12-7-10-13-8-5-6-9-13;1-2-5-3-4/h5-6,8-9,11-12H,3-4,7,10H2,1-2H3;3H,2H2,1H3. The van der Waals surface area contributed by atoms with Crippen molar-refractivity contribution >= 4 is 6.47 Å². The predicted octanol–water partition coefficient (Wildman–Crippen LogP) is 2.45. The number of nitrogens with one attached hydrogen (secondary N) is 1. The van der Waals surface area contributed by atoms with Crippen molar-refractivity contribution in [1.82, 2.24) is 9.88 Å². The van der Waals surface area contributed by atoms with E-state index in [0.29, 0.717) is 19.1 Å². The Bertz CT molecular complexity index is 269. The van der Waals surface area contributed by atoms with Gasteiger partial charge in [0.1, 0.15) is 0 Å². The van der Waals surface area contributed by atoms with Crippen LogP contribution in [0.15, 0.2) is 24.5 Å². The van der Waals surface area contributed by atoms with E-state index in [9.17, 15) is 4.79 Å². The quantitative estimate of drug-likeness (QED) is 0.725. The van der Waals surface area contributed by atoms with E-state index in [1.807, 2.05) is 0 Å². The van der Waals surface area contributed by atoms with Gasteiger partial charge in [-0.1, -0.05) is 13.8 Å². The molecule has 0 aliphatic carbocycles. The lowest BCUT2D eigenvalue weighted by Gasteiger charge is -2.14. The summed E-state index contributed by atoms with van der Waals surface area (Å²) in [5.41, 5.74) is 0. The van der Waals surface area contributed by atoms with Crippen LogP contribution in [0.5, 0.6) is 0 Å². The Morgan fingerprint density at radius 1 is 1.22 bits per heavy atom. The normalized spacial score (nSPS) is 9.78. The molecule has 0 bridgehead atoms. The molecule has 0 aromatic carbocycles. The summed E-state index contributed by atoms with van der Waals surface area (Å²) in [6.45, 7) is 9.27. The first kappa shape index (κ1) is 16.7. The number of carbonyl (C=O) groups excluding carboxylic acids is 1. The van der Waals surface area contributed by atoms with Crippen LogP contribution in [0.3, 0.4) is 0 Å². The number of ether oxygens (including phenoxy) is 1. The molecular weight excluding hydrogens is 228 g/mol. The molecular formula is C14H26N2O2. The van der Waals surface area contributed by atoms with Crippen LogP contribution in [0.4, 0.5) is 0 Å². The van der Waals surface area contributed by atoms with E-state index in [4.69, 9.17) is 0 Å². The number of hydrogen-bond acceptors (Lipinski definition) is 3. The second-order valence-electron chi connectivity index (χ2n) is 3.94. The van der Waals surface area contributed by atoms with Gasteiger partial charge >= 0.3 is 0 Å². The predicted molar refractivity (Wildman–Crippen MR) is 74.5 cm³/mol. The van der Waals surface area contributed by atoms with Gasteiger partial charge in [-0.2, -0.15) is 0 Å². The molecule has 1 heterocycles. The average molecular weight is 254 g/mol.